The second-order valence-electron chi connectivity index (χ2n) is 27.1. The first-order chi connectivity index (χ1) is 43.7. The first-order valence-corrected chi connectivity index (χ1v) is 38.7. The maximum atomic E-state index is 13.0. The third-order valence-electron chi connectivity index (χ3n) is 18.6. The number of carbonyl (C=O) groups excluding carboxylic acids is 2. The van der Waals surface area contributed by atoms with Crippen molar-refractivity contribution in [1.82, 2.24) is 5.32 Å². The van der Waals surface area contributed by atoms with E-state index in [1.807, 2.05) is 19.1 Å². The summed E-state index contributed by atoms with van der Waals surface area (Å²) in [6.45, 7) is 4.14. The van der Waals surface area contributed by atoms with Crippen molar-refractivity contribution >= 4 is 11.9 Å². The Morgan fingerprint density at radius 2 is 0.753 bits per heavy atom. The molecule has 1 saturated heterocycles. The fourth-order valence-electron chi connectivity index (χ4n) is 12.5. The first kappa shape index (κ1) is 84.9. The summed E-state index contributed by atoms with van der Waals surface area (Å²) in [6.07, 6.45) is 78.0. The lowest BCUT2D eigenvalue weighted by molar-refractivity contribution is -0.302. The normalized spacial score (nSPS) is 17.9. The zero-order chi connectivity index (χ0) is 64.4. The number of nitrogens with one attached hydrogen (secondary N) is 1. The molecule has 89 heavy (non-hydrogen) atoms. The summed E-state index contributed by atoms with van der Waals surface area (Å²) in [5, 5.41) is 54.3. The SMILES string of the molecule is C/C=C/CC/C=C/CC/C=C/C(O)C(COC1OC(CO)C(O)C(O)C1O)NC(=O)CCCCCCCCCCCCCCCCCCCCCCCCCCCCCCCCCCCCCCCCCOC(=O)CCCCCCCCCCCCCCC. The minimum Gasteiger partial charge on any atom is -0.466 e. The Balaban J connectivity index is 1.84. The Labute approximate surface area is 549 Å². The van der Waals surface area contributed by atoms with Gasteiger partial charge >= 0.3 is 5.97 Å². The number of aliphatic hydroxyl groups excluding tert-OH is 5. The molecule has 0 bridgehead atoms. The van der Waals surface area contributed by atoms with Crippen LogP contribution in [0.3, 0.4) is 0 Å². The van der Waals surface area contributed by atoms with Crippen LogP contribution in [0.4, 0.5) is 0 Å². The van der Waals surface area contributed by atoms with Crippen molar-refractivity contribution in [2.75, 3.05) is 19.8 Å². The van der Waals surface area contributed by atoms with Crippen LogP contribution in [0.2, 0.25) is 0 Å². The van der Waals surface area contributed by atoms with Gasteiger partial charge in [-0.25, -0.2) is 0 Å². The van der Waals surface area contributed by atoms with Gasteiger partial charge < -0.3 is 45.1 Å². The van der Waals surface area contributed by atoms with Gasteiger partial charge in [0.25, 0.3) is 0 Å². The smallest absolute Gasteiger partial charge is 0.305 e. The van der Waals surface area contributed by atoms with Crippen molar-refractivity contribution in [2.45, 2.75) is 429 Å². The molecule has 0 aromatic carbocycles. The lowest BCUT2D eigenvalue weighted by Crippen LogP contribution is -2.60. The molecule has 0 saturated carbocycles. The Kier molecular flexibility index (Phi) is 64.2. The summed E-state index contributed by atoms with van der Waals surface area (Å²) in [4.78, 5) is 25.1. The highest BCUT2D eigenvalue weighted by molar-refractivity contribution is 5.76. The average molecular weight is 1260 g/mol. The molecule has 0 aromatic heterocycles. The highest BCUT2D eigenvalue weighted by atomic mass is 16.7. The van der Waals surface area contributed by atoms with Gasteiger partial charge in [-0.2, -0.15) is 0 Å². The molecular weight excluding hydrogens is 1110 g/mol. The molecular formula is C78H147NO10. The number of unbranched alkanes of at least 4 members (excludes halogenated alkanes) is 52. The van der Waals surface area contributed by atoms with E-state index < -0.39 is 49.5 Å². The van der Waals surface area contributed by atoms with Crippen molar-refractivity contribution in [3.63, 3.8) is 0 Å². The zero-order valence-electron chi connectivity index (χ0n) is 58.4. The highest BCUT2D eigenvalue weighted by Crippen LogP contribution is 2.24. The van der Waals surface area contributed by atoms with Gasteiger partial charge in [-0.1, -0.05) is 358 Å². The minimum atomic E-state index is -1.58. The molecule has 7 unspecified atom stereocenters. The molecule has 1 heterocycles. The van der Waals surface area contributed by atoms with Gasteiger partial charge in [0.2, 0.25) is 5.91 Å². The molecule has 0 aromatic rings. The third-order valence-corrected chi connectivity index (χ3v) is 18.6. The molecule has 7 atom stereocenters. The number of aliphatic hydroxyl groups is 5. The van der Waals surface area contributed by atoms with Gasteiger partial charge in [-0.3, -0.25) is 9.59 Å². The molecule has 0 spiro atoms. The first-order valence-electron chi connectivity index (χ1n) is 38.7. The van der Waals surface area contributed by atoms with E-state index in [1.165, 1.54) is 302 Å². The fraction of sp³-hybridized carbons (Fsp3) is 0.897. The number of amides is 1. The lowest BCUT2D eigenvalue weighted by atomic mass is 9.99. The summed E-state index contributed by atoms with van der Waals surface area (Å²) in [6, 6.07) is -0.828. The predicted octanol–water partition coefficient (Wildman–Crippen LogP) is 20.5. The maximum absolute atomic E-state index is 13.0. The fourth-order valence-corrected chi connectivity index (χ4v) is 12.5. The summed E-state index contributed by atoms with van der Waals surface area (Å²) in [5.41, 5.74) is 0. The summed E-state index contributed by atoms with van der Waals surface area (Å²) >= 11 is 0. The third kappa shape index (κ3) is 56.0. The number of allylic oxidation sites excluding steroid dienone is 5. The molecule has 1 rings (SSSR count). The molecule has 1 aliphatic heterocycles. The average Bonchev–Trinajstić information content (AvgIpc) is 1.84. The molecule has 11 heteroatoms. The maximum Gasteiger partial charge on any atom is 0.305 e. The monoisotopic (exact) mass is 1260 g/mol. The molecule has 1 fully saturated rings. The number of hydrogen-bond donors (Lipinski definition) is 6. The van der Waals surface area contributed by atoms with Gasteiger partial charge in [0.15, 0.2) is 6.29 Å². The van der Waals surface area contributed by atoms with E-state index in [9.17, 15) is 35.1 Å². The second kappa shape index (κ2) is 67.3. The molecule has 1 amide bonds. The van der Waals surface area contributed by atoms with Crippen LogP contribution in [0.5, 0.6) is 0 Å². The zero-order valence-corrected chi connectivity index (χ0v) is 58.4. The topological polar surface area (TPSA) is 175 Å². The van der Waals surface area contributed by atoms with E-state index in [2.05, 4.69) is 30.5 Å². The van der Waals surface area contributed by atoms with Crippen molar-refractivity contribution in [3.8, 4) is 0 Å². The van der Waals surface area contributed by atoms with E-state index in [-0.39, 0.29) is 18.5 Å². The van der Waals surface area contributed by atoms with Crippen LogP contribution in [0, 0.1) is 0 Å². The summed E-state index contributed by atoms with van der Waals surface area (Å²) in [5.74, 6) is -0.172. The Hall–Kier alpha value is -2.12. The largest absolute Gasteiger partial charge is 0.466 e. The van der Waals surface area contributed by atoms with E-state index in [1.54, 1.807) is 6.08 Å². The number of rotatable bonds is 69. The molecule has 0 aliphatic carbocycles. The Morgan fingerprint density at radius 1 is 0.427 bits per heavy atom. The van der Waals surface area contributed by atoms with Crippen LogP contribution in [-0.4, -0.2) is 100 Å². The summed E-state index contributed by atoms with van der Waals surface area (Å²) in [7, 11) is 0. The standard InChI is InChI=1S/C78H147NO10/c1-3-5-7-9-11-13-14-42-46-50-54-58-62-66-74(83)87-67-63-59-55-51-47-44-41-39-37-35-33-31-29-27-25-23-21-19-17-15-16-18-20-22-24-26-28-30-32-34-36-38-40-43-45-49-53-57-61-65-73(82)79-70(71(81)64-60-56-52-48-12-10-8-6-4-2)69-88-78-77(86)76(85)75(84)72(68-80)89-78/h4,6,12,48,60,64,70-72,75-78,80-81,84-86H,3,5,7-11,13-47,49-59,61-63,65-69H2,1-2H3,(H,79,82)/b6-4+,48-12+,64-60+. The van der Waals surface area contributed by atoms with E-state index in [4.69, 9.17) is 14.2 Å². The molecule has 11 nitrogen and oxygen atoms in total. The van der Waals surface area contributed by atoms with Crippen LogP contribution in [0.15, 0.2) is 36.5 Å². The molecule has 6 N–H and O–H groups in total. The van der Waals surface area contributed by atoms with E-state index in [0.717, 1.165) is 57.8 Å². The molecule has 1 aliphatic rings. The van der Waals surface area contributed by atoms with Crippen molar-refractivity contribution in [2.24, 2.45) is 0 Å². The quantitative estimate of drug-likeness (QED) is 0.0195. The van der Waals surface area contributed by atoms with E-state index in [0.29, 0.717) is 19.4 Å². The van der Waals surface area contributed by atoms with Crippen molar-refractivity contribution in [1.29, 1.82) is 0 Å². The van der Waals surface area contributed by atoms with Crippen LogP contribution in [0.1, 0.15) is 386 Å². The number of ether oxygens (including phenoxy) is 3. The van der Waals surface area contributed by atoms with Gasteiger partial charge in [-0.05, 0) is 51.9 Å². The number of esters is 1. The molecule has 524 valence electrons. The van der Waals surface area contributed by atoms with Crippen molar-refractivity contribution in [3.05, 3.63) is 36.5 Å². The molecule has 0 radical (unpaired) electrons. The Morgan fingerprint density at radius 3 is 1.11 bits per heavy atom. The Bertz CT molecular complexity index is 1570. The van der Waals surface area contributed by atoms with Gasteiger partial charge in [0.1, 0.15) is 24.4 Å². The van der Waals surface area contributed by atoms with Gasteiger partial charge in [-0.15, -0.1) is 0 Å². The van der Waals surface area contributed by atoms with Crippen LogP contribution < -0.4 is 5.32 Å². The number of carbonyl (C=O) groups is 2. The van der Waals surface area contributed by atoms with Crippen LogP contribution in [-0.2, 0) is 23.8 Å². The van der Waals surface area contributed by atoms with E-state index >= 15 is 0 Å². The predicted molar refractivity (Wildman–Crippen MR) is 375 cm³/mol. The minimum absolute atomic E-state index is 0.0201. The van der Waals surface area contributed by atoms with Gasteiger partial charge in [0.05, 0.1) is 32.0 Å². The summed E-state index contributed by atoms with van der Waals surface area (Å²) < 4.78 is 16.7. The lowest BCUT2D eigenvalue weighted by Gasteiger charge is -2.40. The second-order valence-corrected chi connectivity index (χ2v) is 27.1. The van der Waals surface area contributed by atoms with Gasteiger partial charge in [0, 0.05) is 12.8 Å². The van der Waals surface area contributed by atoms with Crippen molar-refractivity contribution < 1.29 is 49.3 Å². The van der Waals surface area contributed by atoms with Crippen LogP contribution in [0.25, 0.3) is 0 Å². The number of hydrogen-bond acceptors (Lipinski definition) is 10. The van der Waals surface area contributed by atoms with Crippen LogP contribution >= 0.6 is 0 Å². The highest BCUT2D eigenvalue weighted by Gasteiger charge is 2.44.